The number of carbonyl (C=O) groups excluding carboxylic acids is 1. The number of halogens is 3. The zero-order valence-corrected chi connectivity index (χ0v) is 17.0. The Balaban J connectivity index is 1.50. The van der Waals surface area contributed by atoms with Crippen molar-refractivity contribution in [1.29, 1.82) is 0 Å². The summed E-state index contributed by atoms with van der Waals surface area (Å²) < 4.78 is 29.6. The van der Waals surface area contributed by atoms with Crippen molar-refractivity contribution in [2.75, 3.05) is 16.8 Å². The Kier molecular flexibility index (Phi) is 4.90. The van der Waals surface area contributed by atoms with E-state index in [1.807, 2.05) is 0 Å². The number of hydrogen-bond donors (Lipinski definition) is 3. The van der Waals surface area contributed by atoms with Crippen LogP contribution in [0.15, 0.2) is 30.5 Å². The van der Waals surface area contributed by atoms with Crippen LogP contribution in [-0.2, 0) is 0 Å². The highest BCUT2D eigenvalue weighted by atomic mass is 35.5. The lowest BCUT2D eigenvalue weighted by atomic mass is 10.0. The molecule has 5 rings (SSSR count). The molecule has 2 fully saturated rings. The highest BCUT2D eigenvalue weighted by Gasteiger charge is 2.35. The Morgan fingerprint density at radius 3 is 2.84 bits per heavy atom. The van der Waals surface area contributed by atoms with Gasteiger partial charge in [0.2, 0.25) is 0 Å². The number of aliphatic hydroxyl groups is 1. The van der Waals surface area contributed by atoms with Crippen molar-refractivity contribution >= 4 is 34.8 Å². The van der Waals surface area contributed by atoms with E-state index in [0.29, 0.717) is 11.5 Å². The van der Waals surface area contributed by atoms with E-state index in [1.165, 1.54) is 4.52 Å². The fourth-order valence-electron chi connectivity index (χ4n) is 3.85. The number of fused-ring (bicyclic) bond motifs is 1. The molecule has 1 aliphatic carbocycles. The first kappa shape index (κ1) is 20.0. The van der Waals surface area contributed by atoms with Crippen molar-refractivity contribution in [1.82, 2.24) is 19.9 Å². The third-order valence-electron chi connectivity index (χ3n) is 5.47. The van der Waals surface area contributed by atoms with E-state index in [0.717, 1.165) is 31.0 Å². The molecule has 1 aliphatic heterocycles. The second kappa shape index (κ2) is 7.61. The highest BCUT2D eigenvalue weighted by molar-refractivity contribution is 6.33. The predicted molar refractivity (Wildman–Crippen MR) is 110 cm³/mol. The van der Waals surface area contributed by atoms with Crippen molar-refractivity contribution in [2.45, 2.75) is 37.5 Å². The van der Waals surface area contributed by atoms with E-state index in [1.54, 1.807) is 17.2 Å². The predicted octanol–water partition coefficient (Wildman–Crippen LogP) is 3.26. The van der Waals surface area contributed by atoms with E-state index in [4.69, 9.17) is 11.6 Å². The Hall–Kier alpha value is -2.98. The van der Waals surface area contributed by atoms with Crippen molar-refractivity contribution in [3.63, 3.8) is 0 Å². The van der Waals surface area contributed by atoms with Gasteiger partial charge >= 0.3 is 6.03 Å². The summed E-state index contributed by atoms with van der Waals surface area (Å²) >= 11 is 6.20. The van der Waals surface area contributed by atoms with Gasteiger partial charge in [-0.1, -0.05) is 11.6 Å². The van der Waals surface area contributed by atoms with Gasteiger partial charge in [0, 0.05) is 24.3 Å². The molecule has 2 atom stereocenters. The minimum absolute atomic E-state index is 0.0739. The largest absolute Gasteiger partial charge is 0.391 e. The molecular formula is C20H19ClF2N6O2. The maximum atomic E-state index is 14.4. The first-order valence-corrected chi connectivity index (χ1v) is 10.3. The summed E-state index contributed by atoms with van der Waals surface area (Å²) in [5, 5.41) is 20.0. The third kappa shape index (κ3) is 3.88. The summed E-state index contributed by atoms with van der Waals surface area (Å²) in [4.78, 5) is 18.4. The molecule has 1 saturated carbocycles. The molecule has 0 spiro atoms. The van der Waals surface area contributed by atoms with Crippen LogP contribution in [0.4, 0.5) is 25.1 Å². The fourth-order valence-corrected chi connectivity index (χ4v) is 4.07. The van der Waals surface area contributed by atoms with Crippen molar-refractivity contribution in [3.05, 3.63) is 52.8 Å². The van der Waals surface area contributed by atoms with Crippen LogP contribution in [0.25, 0.3) is 5.65 Å². The molecule has 0 unspecified atom stereocenters. The van der Waals surface area contributed by atoms with Gasteiger partial charge in [-0.25, -0.2) is 23.1 Å². The molecule has 1 saturated heterocycles. The lowest BCUT2D eigenvalue weighted by Crippen LogP contribution is -2.30. The molecule has 31 heavy (non-hydrogen) atoms. The van der Waals surface area contributed by atoms with Gasteiger partial charge in [0.25, 0.3) is 0 Å². The number of carbonyl (C=O) groups is 1. The zero-order valence-electron chi connectivity index (χ0n) is 16.2. The van der Waals surface area contributed by atoms with Crippen molar-refractivity contribution < 1.29 is 18.7 Å². The van der Waals surface area contributed by atoms with E-state index in [2.05, 4.69) is 20.7 Å². The molecule has 3 heterocycles. The molecule has 2 aromatic heterocycles. The number of β-amino-alcohol motifs (C(OH)–C–C–N with tert-alkyl or cyclic N) is 1. The number of hydrogen-bond acceptors (Lipinski definition) is 5. The molecule has 8 nitrogen and oxygen atoms in total. The van der Waals surface area contributed by atoms with E-state index < -0.39 is 29.8 Å². The monoisotopic (exact) mass is 448 g/mol. The molecule has 3 aromatic rings. The topological polar surface area (TPSA) is 94.8 Å². The molecule has 2 aliphatic rings. The normalized spacial score (nSPS) is 21.0. The second-order valence-corrected chi connectivity index (χ2v) is 8.17. The average molecular weight is 449 g/mol. The van der Waals surface area contributed by atoms with Crippen LogP contribution in [0.3, 0.4) is 0 Å². The first-order chi connectivity index (χ1) is 14.9. The number of urea groups is 1. The molecule has 0 bridgehead atoms. The van der Waals surface area contributed by atoms with Gasteiger partial charge in [0.1, 0.15) is 23.1 Å². The van der Waals surface area contributed by atoms with Crippen LogP contribution in [0, 0.1) is 11.6 Å². The summed E-state index contributed by atoms with van der Waals surface area (Å²) in [7, 11) is 0. The van der Waals surface area contributed by atoms with E-state index in [-0.39, 0.29) is 35.4 Å². The quantitative estimate of drug-likeness (QED) is 0.569. The van der Waals surface area contributed by atoms with Gasteiger partial charge in [0.05, 0.1) is 12.1 Å². The Morgan fingerprint density at radius 2 is 2.06 bits per heavy atom. The van der Waals surface area contributed by atoms with Crippen LogP contribution >= 0.6 is 11.6 Å². The summed E-state index contributed by atoms with van der Waals surface area (Å²) in [6, 6.07) is 4.06. The molecule has 3 N–H and O–H groups in total. The van der Waals surface area contributed by atoms with Crippen molar-refractivity contribution in [3.8, 4) is 0 Å². The molecule has 2 amide bonds. The number of nitrogens with one attached hydrogen (secondary N) is 2. The fraction of sp³-hybridized carbons (Fsp3) is 0.350. The Bertz CT molecular complexity index is 1170. The lowest BCUT2D eigenvalue weighted by molar-refractivity contribution is 0.194. The number of aromatic nitrogens is 3. The van der Waals surface area contributed by atoms with Crippen LogP contribution in [0.2, 0.25) is 5.15 Å². The van der Waals surface area contributed by atoms with E-state index in [9.17, 15) is 18.7 Å². The molecule has 162 valence electrons. The number of amides is 2. The summed E-state index contributed by atoms with van der Waals surface area (Å²) in [5.41, 5.74) is 0.690. The van der Waals surface area contributed by atoms with Gasteiger partial charge in [-0.3, -0.25) is 0 Å². The number of rotatable bonds is 4. The summed E-state index contributed by atoms with van der Waals surface area (Å²) in [6.07, 6.45) is 2.97. The van der Waals surface area contributed by atoms with Crippen LogP contribution in [0.1, 0.15) is 30.9 Å². The number of aliphatic hydroxyl groups excluding tert-OH is 1. The molecule has 1 aromatic carbocycles. The summed E-state index contributed by atoms with van der Waals surface area (Å²) in [6.45, 7) is 0.191. The summed E-state index contributed by atoms with van der Waals surface area (Å²) in [5.74, 6) is -0.699. The standard InChI is InChI=1S/C20H19ClF2N6O2/c21-18-17(26-20(31)24-11-2-3-11)19-25-16(5-6-29(19)27-18)28-9-12(30)8-15(28)13-7-10(22)1-4-14(13)23/h1,4-7,11-12,15,30H,2-3,8-9H2,(H2,24,26,31)/t12-,15-/m1/s1. The first-order valence-electron chi connectivity index (χ1n) is 9.91. The minimum atomic E-state index is -0.735. The van der Waals surface area contributed by atoms with Gasteiger partial charge in [-0.05, 0) is 43.5 Å². The number of nitrogens with zero attached hydrogens (tertiary/aromatic N) is 4. The molecule has 11 heteroatoms. The maximum absolute atomic E-state index is 14.4. The van der Waals surface area contributed by atoms with Gasteiger partial charge in [0.15, 0.2) is 10.8 Å². The highest BCUT2D eigenvalue weighted by Crippen LogP contribution is 2.37. The average Bonchev–Trinajstić information content (AvgIpc) is 3.38. The Labute approximate surface area is 180 Å². The van der Waals surface area contributed by atoms with Crippen molar-refractivity contribution in [2.24, 2.45) is 0 Å². The minimum Gasteiger partial charge on any atom is -0.391 e. The number of anilines is 2. The van der Waals surface area contributed by atoms with Crippen LogP contribution in [0.5, 0.6) is 0 Å². The van der Waals surface area contributed by atoms with Crippen LogP contribution in [-0.4, -0.2) is 44.4 Å². The lowest BCUT2D eigenvalue weighted by Gasteiger charge is -2.26. The smallest absolute Gasteiger partial charge is 0.319 e. The molecule has 0 radical (unpaired) electrons. The van der Waals surface area contributed by atoms with Gasteiger partial charge in [-0.2, -0.15) is 5.10 Å². The van der Waals surface area contributed by atoms with E-state index >= 15 is 0 Å². The third-order valence-corrected chi connectivity index (χ3v) is 5.73. The number of benzene rings is 1. The Morgan fingerprint density at radius 1 is 1.26 bits per heavy atom. The SMILES string of the molecule is O=C(Nc1c(Cl)nn2ccc(N3C[C@H](O)C[C@@H]3c3cc(F)ccc3F)nc12)NC1CC1. The zero-order chi connectivity index (χ0) is 21.7. The van der Waals surface area contributed by atoms with Gasteiger partial charge < -0.3 is 20.6 Å². The second-order valence-electron chi connectivity index (χ2n) is 7.82. The van der Waals surface area contributed by atoms with Crippen LogP contribution < -0.4 is 15.5 Å². The maximum Gasteiger partial charge on any atom is 0.319 e. The molecular weight excluding hydrogens is 430 g/mol. The van der Waals surface area contributed by atoms with Gasteiger partial charge in [-0.15, -0.1) is 0 Å².